The van der Waals surface area contributed by atoms with E-state index >= 15 is 0 Å². The van der Waals surface area contributed by atoms with Gasteiger partial charge >= 0.3 is 0 Å². The van der Waals surface area contributed by atoms with Gasteiger partial charge in [0.05, 0.1) is 0 Å². The fourth-order valence-corrected chi connectivity index (χ4v) is 3.64. The second-order valence-corrected chi connectivity index (χ2v) is 8.50. The molecule has 0 spiro atoms. The summed E-state index contributed by atoms with van der Waals surface area (Å²) in [6.07, 6.45) is 0. The maximum Gasteiger partial charge on any atom is -0.0175 e. The van der Waals surface area contributed by atoms with Gasteiger partial charge in [0.1, 0.15) is 0 Å². The maximum absolute atomic E-state index is 2.48. The minimum Gasteiger partial charge on any atom is -0.0622 e. The van der Waals surface area contributed by atoms with Gasteiger partial charge < -0.3 is 0 Å². The van der Waals surface area contributed by atoms with Gasteiger partial charge in [0.15, 0.2) is 0 Å². The Kier molecular flexibility index (Phi) is 4.03. The van der Waals surface area contributed by atoms with Gasteiger partial charge in [-0.15, -0.1) is 0 Å². The Morgan fingerprint density at radius 1 is 0.562 bits per heavy atom. The van der Waals surface area contributed by atoms with E-state index in [1.54, 1.807) is 0 Å². The first-order valence-electron chi connectivity index (χ1n) is 6.69. The summed E-state index contributed by atoms with van der Waals surface area (Å²) >= 11 is 0. The lowest BCUT2D eigenvalue weighted by Crippen LogP contribution is -2.55. The minimum atomic E-state index is 0.293. The van der Waals surface area contributed by atoms with Crippen LogP contribution in [-0.2, 0) is 0 Å². The molecule has 0 rings (SSSR count). The van der Waals surface area contributed by atoms with Gasteiger partial charge in [-0.25, -0.2) is 0 Å². The molecule has 0 aromatic heterocycles. The van der Waals surface area contributed by atoms with Gasteiger partial charge in [0.25, 0.3) is 0 Å². The molecule has 0 unspecified atom stereocenters. The summed E-state index contributed by atoms with van der Waals surface area (Å²) in [6.45, 7) is 26.4. The smallest absolute Gasteiger partial charge is 0.0175 e. The quantitative estimate of drug-likeness (QED) is 0.561. The van der Waals surface area contributed by atoms with Crippen molar-refractivity contribution < 1.29 is 0 Å². The van der Waals surface area contributed by atoms with Crippen LogP contribution in [0, 0.1) is 27.6 Å². The summed E-state index contributed by atoms with van der Waals surface area (Å²) in [4.78, 5) is 0. The standard InChI is InChI=1S/C16H34/c1-12(2)15(9,10)16(11,13(3,4)5)14(6,7)8/h12H,1-11H3. The van der Waals surface area contributed by atoms with E-state index in [2.05, 4.69) is 76.2 Å². The number of rotatable bonds is 2. The zero-order valence-electron chi connectivity index (χ0n) is 13.6. The monoisotopic (exact) mass is 226 g/mol. The fraction of sp³-hybridized carbons (Fsp3) is 1.00. The summed E-state index contributed by atoms with van der Waals surface area (Å²) < 4.78 is 0. The molecule has 0 bridgehead atoms. The van der Waals surface area contributed by atoms with Gasteiger partial charge in [-0.3, -0.25) is 0 Å². The summed E-state index contributed by atoms with van der Waals surface area (Å²) in [5.41, 5.74) is 1.22. The van der Waals surface area contributed by atoms with Gasteiger partial charge in [0.2, 0.25) is 0 Å². The first-order valence-corrected chi connectivity index (χ1v) is 6.69. The van der Waals surface area contributed by atoms with Crippen LogP contribution in [0.25, 0.3) is 0 Å². The van der Waals surface area contributed by atoms with Crippen molar-refractivity contribution in [2.45, 2.75) is 76.2 Å². The summed E-state index contributed by atoms with van der Waals surface area (Å²) in [7, 11) is 0. The molecular formula is C16H34. The lowest BCUT2D eigenvalue weighted by atomic mass is 9.43. The van der Waals surface area contributed by atoms with Crippen LogP contribution < -0.4 is 0 Å². The summed E-state index contributed by atoms with van der Waals surface area (Å²) in [5.74, 6) is 0.691. The van der Waals surface area contributed by atoms with Crippen molar-refractivity contribution >= 4 is 0 Å². The average Bonchev–Trinajstić information content (AvgIpc) is 1.97. The molecule has 16 heavy (non-hydrogen) atoms. The van der Waals surface area contributed by atoms with Crippen LogP contribution in [0.2, 0.25) is 0 Å². The summed E-state index contributed by atoms with van der Waals surface area (Å²) in [6, 6.07) is 0. The first kappa shape index (κ1) is 16.0. The summed E-state index contributed by atoms with van der Waals surface area (Å²) in [5, 5.41) is 0. The Morgan fingerprint density at radius 2 is 0.812 bits per heavy atom. The van der Waals surface area contributed by atoms with Gasteiger partial charge in [-0.2, -0.15) is 0 Å². The maximum atomic E-state index is 2.48. The molecule has 0 aliphatic carbocycles. The van der Waals surface area contributed by atoms with Crippen LogP contribution in [0.4, 0.5) is 0 Å². The molecule has 0 nitrogen and oxygen atoms in total. The van der Waals surface area contributed by atoms with E-state index in [0.29, 0.717) is 27.6 Å². The molecule has 0 aromatic rings. The Balaban J connectivity index is 5.81. The molecule has 0 saturated carbocycles. The molecule has 0 aromatic carbocycles. The largest absolute Gasteiger partial charge is 0.0622 e. The van der Waals surface area contributed by atoms with Crippen molar-refractivity contribution in [2.75, 3.05) is 0 Å². The molecule has 0 aliphatic heterocycles. The van der Waals surface area contributed by atoms with Crippen LogP contribution in [0.1, 0.15) is 76.2 Å². The lowest BCUT2D eigenvalue weighted by molar-refractivity contribution is -0.134. The van der Waals surface area contributed by atoms with Crippen molar-refractivity contribution in [1.82, 2.24) is 0 Å². The highest BCUT2D eigenvalue weighted by Crippen LogP contribution is 2.63. The molecule has 0 aliphatic rings. The molecule has 0 N–H and O–H groups in total. The molecule has 0 atom stereocenters. The highest BCUT2D eigenvalue weighted by molar-refractivity contribution is 5.04. The molecule has 98 valence electrons. The van der Waals surface area contributed by atoms with Crippen molar-refractivity contribution in [1.29, 1.82) is 0 Å². The topological polar surface area (TPSA) is 0 Å². The Bertz CT molecular complexity index is 216. The Hall–Kier alpha value is 0. The van der Waals surface area contributed by atoms with E-state index in [1.165, 1.54) is 0 Å². The second kappa shape index (κ2) is 4.03. The van der Waals surface area contributed by atoms with E-state index < -0.39 is 0 Å². The van der Waals surface area contributed by atoms with Crippen molar-refractivity contribution in [3.05, 3.63) is 0 Å². The minimum absolute atomic E-state index is 0.293. The predicted octanol–water partition coefficient (Wildman–Crippen LogP) is 5.77. The van der Waals surface area contributed by atoms with E-state index in [0.717, 1.165) is 0 Å². The average molecular weight is 226 g/mol. The van der Waals surface area contributed by atoms with Crippen molar-refractivity contribution in [3.8, 4) is 0 Å². The van der Waals surface area contributed by atoms with Crippen molar-refractivity contribution in [2.24, 2.45) is 27.6 Å². The SMILES string of the molecule is CC(C)C(C)(C)C(C)(C(C)(C)C)C(C)(C)C. The third-order valence-corrected chi connectivity index (χ3v) is 5.73. The number of hydrogen-bond donors (Lipinski definition) is 0. The lowest BCUT2D eigenvalue weighted by Gasteiger charge is -2.62. The second-order valence-electron chi connectivity index (χ2n) is 8.50. The van der Waals surface area contributed by atoms with Gasteiger partial charge in [0, 0.05) is 0 Å². The fourth-order valence-electron chi connectivity index (χ4n) is 3.64. The zero-order chi connectivity index (χ0) is 13.6. The highest BCUT2D eigenvalue weighted by atomic mass is 14.6. The van der Waals surface area contributed by atoms with Crippen molar-refractivity contribution in [3.63, 3.8) is 0 Å². The third-order valence-electron chi connectivity index (χ3n) is 5.73. The van der Waals surface area contributed by atoms with Crippen LogP contribution in [0.15, 0.2) is 0 Å². The molecule has 0 radical (unpaired) electrons. The Labute approximate surface area is 104 Å². The van der Waals surface area contributed by atoms with Crippen LogP contribution >= 0.6 is 0 Å². The predicted molar refractivity (Wildman–Crippen MR) is 75.6 cm³/mol. The molecule has 0 saturated heterocycles. The molecule has 0 fully saturated rings. The van der Waals surface area contributed by atoms with Gasteiger partial charge in [-0.05, 0) is 27.6 Å². The molecule has 0 heteroatoms. The van der Waals surface area contributed by atoms with E-state index in [1.807, 2.05) is 0 Å². The molecule has 0 amide bonds. The van der Waals surface area contributed by atoms with Crippen LogP contribution in [-0.4, -0.2) is 0 Å². The molecular weight excluding hydrogens is 192 g/mol. The van der Waals surface area contributed by atoms with E-state index in [9.17, 15) is 0 Å². The molecule has 0 heterocycles. The number of hydrogen-bond acceptors (Lipinski definition) is 0. The third kappa shape index (κ3) is 2.17. The first-order chi connectivity index (χ1) is 6.69. The van der Waals surface area contributed by atoms with E-state index in [-0.39, 0.29) is 0 Å². The van der Waals surface area contributed by atoms with Crippen LogP contribution in [0.5, 0.6) is 0 Å². The highest BCUT2D eigenvalue weighted by Gasteiger charge is 2.56. The van der Waals surface area contributed by atoms with E-state index in [4.69, 9.17) is 0 Å². The van der Waals surface area contributed by atoms with Gasteiger partial charge in [-0.1, -0.05) is 76.2 Å². The van der Waals surface area contributed by atoms with Crippen LogP contribution in [0.3, 0.4) is 0 Å². The normalized spacial score (nSPS) is 15.8. The Morgan fingerprint density at radius 3 is 0.875 bits per heavy atom. The zero-order valence-corrected chi connectivity index (χ0v) is 13.6.